The van der Waals surface area contributed by atoms with Crippen molar-refractivity contribution >= 4 is 29.9 Å². The van der Waals surface area contributed by atoms with E-state index in [0.717, 1.165) is 18.0 Å². The van der Waals surface area contributed by atoms with E-state index in [1.54, 1.807) is 7.11 Å². The number of nitrogens with two attached hydrogens (primary N) is 1. The molecule has 0 saturated heterocycles. The zero-order chi connectivity index (χ0) is 15.2. The quantitative estimate of drug-likeness (QED) is 0.786. The third-order valence-electron chi connectivity index (χ3n) is 3.73. The van der Waals surface area contributed by atoms with Gasteiger partial charge in [-0.05, 0) is 42.9 Å². The molecule has 1 saturated carbocycles. The molecule has 0 radical (unpaired) electrons. The number of ether oxygens (including phenoxy) is 1. The highest BCUT2D eigenvalue weighted by Gasteiger charge is 2.28. The van der Waals surface area contributed by atoms with Crippen molar-refractivity contribution in [1.82, 2.24) is 4.90 Å². The molecule has 124 valence electrons. The van der Waals surface area contributed by atoms with Crippen LogP contribution in [0.15, 0.2) is 24.3 Å². The summed E-state index contributed by atoms with van der Waals surface area (Å²) in [5, 5.41) is 0.728. The van der Waals surface area contributed by atoms with Crippen LogP contribution in [0.5, 0.6) is 0 Å². The Morgan fingerprint density at radius 2 is 2.05 bits per heavy atom. The lowest BCUT2D eigenvalue weighted by Gasteiger charge is -2.25. The average molecular weight is 347 g/mol. The Bertz CT molecular complexity index is 464. The Morgan fingerprint density at radius 3 is 2.59 bits per heavy atom. The maximum Gasteiger partial charge on any atom is 0.241 e. The van der Waals surface area contributed by atoms with E-state index in [1.165, 1.54) is 18.4 Å². The van der Waals surface area contributed by atoms with E-state index in [1.807, 2.05) is 29.2 Å². The standard InChI is InChI=1S/C16H23ClN2O2.ClH/c1-21-11-15(18)16(20)19(10-13-2-3-13)9-8-12-4-6-14(17)7-5-12;/h4-7,13,15H,2-3,8-11,18H2,1H3;1H. The van der Waals surface area contributed by atoms with Crippen molar-refractivity contribution in [3.8, 4) is 0 Å². The van der Waals surface area contributed by atoms with E-state index in [4.69, 9.17) is 22.1 Å². The van der Waals surface area contributed by atoms with Crippen molar-refractivity contribution in [1.29, 1.82) is 0 Å². The number of carbonyl (C=O) groups excluding carboxylic acids is 1. The third kappa shape index (κ3) is 6.13. The Morgan fingerprint density at radius 1 is 1.41 bits per heavy atom. The van der Waals surface area contributed by atoms with E-state index in [2.05, 4.69) is 0 Å². The lowest BCUT2D eigenvalue weighted by atomic mass is 10.1. The molecule has 2 N–H and O–H groups in total. The lowest BCUT2D eigenvalue weighted by molar-refractivity contribution is -0.134. The zero-order valence-corrected chi connectivity index (χ0v) is 14.4. The van der Waals surface area contributed by atoms with Gasteiger partial charge in [0.25, 0.3) is 0 Å². The van der Waals surface area contributed by atoms with Crippen LogP contribution in [-0.4, -0.2) is 43.7 Å². The SMILES string of the molecule is COCC(N)C(=O)N(CCc1ccc(Cl)cc1)CC1CC1.Cl. The number of nitrogens with zero attached hydrogens (tertiary/aromatic N) is 1. The summed E-state index contributed by atoms with van der Waals surface area (Å²) in [7, 11) is 1.56. The van der Waals surface area contributed by atoms with Crippen molar-refractivity contribution in [3.05, 3.63) is 34.9 Å². The third-order valence-corrected chi connectivity index (χ3v) is 3.99. The molecule has 22 heavy (non-hydrogen) atoms. The van der Waals surface area contributed by atoms with E-state index in [9.17, 15) is 4.79 Å². The van der Waals surface area contributed by atoms with Gasteiger partial charge in [-0.3, -0.25) is 4.79 Å². The monoisotopic (exact) mass is 346 g/mol. The van der Waals surface area contributed by atoms with Crippen LogP contribution < -0.4 is 5.73 Å². The van der Waals surface area contributed by atoms with Crippen molar-refractivity contribution in [2.75, 3.05) is 26.8 Å². The molecule has 1 amide bonds. The van der Waals surface area contributed by atoms with Crippen molar-refractivity contribution in [2.24, 2.45) is 11.7 Å². The number of rotatable bonds is 8. The van der Waals surface area contributed by atoms with Gasteiger partial charge in [0.15, 0.2) is 0 Å². The smallest absolute Gasteiger partial charge is 0.241 e. The van der Waals surface area contributed by atoms with Gasteiger partial charge in [0, 0.05) is 25.2 Å². The minimum Gasteiger partial charge on any atom is -0.383 e. The molecular weight excluding hydrogens is 323 g/mol. The number of hydrogen-bond acceptors (Lipinski definition) is 3. The first-order valence-electron chi connectivity index (χ1n) is 7.38. The van der Waals surface area contributed by atoms with Gasteiger partial charge in [0.1, 0.15) is 6.04 Å². The second-order valence-electron chi connectivity index (χ2n) is 5.67. The summed E-state index contributed by atoms with van der Waals surface area (Å²) in [6.07, 6.45) is 3.24. The summed E-state index contributed by atoms with van der Waals surface area (Å²) >= 11 is 5.88. The van der Waals surface area contributed by atoms with E-state index in [-0.39, 0.29) is 24.9 Å². The summed E-state index contributed by atoms with van der Waals surface area (Å²) in [5.74, 6) is 0.631. The fraction of sp³-hybridized carbons (Fsp3) is 0.562. The summed E-state index contributed by atoms with van der Waals surface area (Å²) in [4.78, 5) is 14.3. The number of carbonyl (C=O) groups is 1. The molecule has 1 aliphatic rings. The lowest BCUT2D eigenvalue weighted by Crippen LogP contribution is -2.47. The van der Waals surface area contributed by atoms with Crippen LogP contribution in [0.25, 0.3) is 0 Å². The molecule has 0 aromatic heterocycles. The van der Waals surface area contributed by atoms with E-state index >= 15 is 0 Å². The maximum atomic E-state index is 12.4. The van der Waals surface area contributed by atoms with Crippen LogP contribution in [0.2, 0.25) is 5.02 Å². The fourth-order valence-corrected chi connectivity index (χ4v) is 2.43. The summed E-state index contributed by atoms with van der Waals surface area (Å²) in [6.45, 7) is 1.76. The highest BCUT2D eigenvalue weighted by molar-refractivity contribution is 6.30. The molecule has 4 nitrogen and oxygen atoms in total. The van der Waals surface area contributed by atoms with Gasteiger partial charge in [0.2, 0.25) is 5.91 Å². The van der Waals surface area contributed by atoms with Gasteiger partial charge in [-0.15, -0.1) is 12.4 Å². The maximum absolute atomic E-state index is 12.4. The number of amides is 1. The number of halogens is 2. The van der Waals surface area contributed by atoms with Crippen LogP contribution in [-0.2, 0) is 16.0 Å². The first-order valence-corrected chi connectivity index (χ1v) is 7.75. The Hall–Kier alpha value is -0.810. The Labute approximate surface area is 143 Å². The van der Waals surface area contributed by atoms with Gasteiger partial charge in [-0.2, -0.15) is 0 Å². The topological polar surface area (TPSA) is 55.6 Å². The molecule has 6 heteroatoms. The first-order chi connectivity index (χ1) is 10.1. The minimum absolute atomic E-state index is 0. The highest BCUT2D eigenvalue weighted by atomic mass is 35.5. The fourth-order valence-electron chi connectivity index (χ4n) is 2.30. The van der Waals surface area contributed by atoms with Gasteiger partial charge in [0.05, 0.1) is 6.61 Å². The molecule has 1 fully saturated rings. The molecule has 1 aromatic carbocycles. The van der Waals surface area contributed by atoms with Gasteiger partial charge < -0.3 is 15.4 Å². The average Bonchev–Trinajstić information content (AvgIpc) is 3.28. The van der Waals surface area contributed by atoms with Gasteiger partial charge in [-0.1, -0.05) is 23.7 Å². The predicted octanol–water partition coefficient (Wildman–Crippen LogP) is 2.52. The number of hydrogen-bond donors (Lipinski definition) is 1. The van der Waals surface area contributed by atoms with Crippen LogP contribution >= 0.6 is 24.0 Å². The molecule has 2 rings (SSSR count). The second kappa shape index (κ2) is 9.36. The highest BCUT2D eigenvalue weighted by Crippen LogP contribution is 2.30. The molecule has 1 unspecified atom stereocenters. The summed E-state index contributed by atoms with van der Waals surface area (Å²) < 4.78 is 4.98. The molecular formula is C16H24Cl2N2O2. The number of methoxy groups -OCH3 is 1. The first kappa shape index (κ1) is 19.2. The normalized spacial score (nSPS) is 15.0. The summed E-state index contributed by atoms with van der Waals surface area (Å²) in [5.41, 5.74) is 7.05. The molecule has 0 spiro atoms. The number of benzene rings is 1. The van der Waals surface area contributed by atoms with E-state index < -0.39 is 6.04 Å². The molecule has 1 atom stereocenters. The molecule has 0 heterocycles. The minimum atomic E-state index is -0.570. The van der Waals surface area contributed by atoms with Crippen molar-refractivity contribution in [3.63, 3.8) is 0 Å². The second-order valence-corrected chi connectivity index (χ2v) is 6.10. The predicted molar refractivity (Wildman–Crippen MR) is 91.6 cm³/mol. The molecule has 0 aliphatic heterocycles. The molecule has 1 aromatic rings. The van der Waals surface area contributed by atoms with Crippen molar-refractivity contribution in [2.45, 2.75) is 25.3 Å². The van der Waals surface area contributed by atoms with Gasteiger partial charge >= 0.3 is 0 Å². The van der Waals surface area contributed by atoms with Gasteiger partial charge in [-0.25, -0.2) is 0 Å². The summed E-state index contributed by atoms with van der Waals surface area (Å²) in [6, 6.07) is 7.18. The van der Waals surface area contributed by atoms with Crippen LogP contribution in [0.4, 0.5) is 0 Å². The van der Waals surface area contributed by atoms with Crippen LogP contribution in [0.3, 0.4) is 0 Å². The Kier molecular flexibility index (Phi) is 8.18. The Balaban J connectivity index is 0.00000242. The molecule has 1 aliphatic carbocycles. The van der Waals surface area contributed by atoms with Crippen LogP contribution in [0, 0.1) is 5.92 Å². The largest absolute Gasteiger partial charge is 0.383 e. The van der Waals surface area contributed by atoms with Crippen LogP contribution in [0.1, 0.15) is 18.4 Å². The van der Waals surface area contributed by atoms with Crippen molar-refractivity contribution < 1.29 is 9.53 Å². The molecule has 0 bridgehead atoms. The zero-order valence-electron chi connectivity index (χ0n) is 12.8. The van der Waals surface area contributed by atoms with E-state index in [0.29, 0.717) is 12.5 Å².